The van der Waals surface area contributed by atoms with Crippen molar-refractivity contribution in [3.63, 3.8) is 0 Å². The number of fused-ring (bicyclic) bond motifs is 2. The van der Waals surface area contributed by atoms with Gasteiger partial charge in [-0.1, -0.05) is 12.1 Å². The number of rotatable bonds is 2. The molecule has 2 aliphatic rings. The van der Waals surface area contributed by atoms with Crippen LogP contribution in [0.15, 0.2) is 24.3 Å². The number of hydrogen-bond donors (Lipinski definition) is 1. The lowest BCUT2D eigenvalue weighted by molar-refractivity contribution is 0.0600. The van der Waals surface area contributed by atoms with E-state index in [0.717, 1.165) is 0 Å². The van der Waals surface area contributed by atoms with Crippen molar-refractivity contribution >= 4 is 5.97 Å². The standard InChI is InChI=1S/C15H19NO2/c1-18-15(17)11-4-2-10(3-5-11)12-8-13-6-7-14(9-12)16-13/h2-5,12-14,16H,6-9H2,1H3/t12-,13+,14-. The first-order valence-electron chi connectivity index (χ1n) is 6.70. The second kappa shape index (κ2) is 4.73. The number of carbonyl (C=O) groups is 1. The predicted molar refractivity (Wildman–Crippen MR) is 69.7 cm³/mol. The molecular formula is C15H19NO2. The maximum Gasteiger partial charge on any atom is 0.337 e. The summed E-state index contributed by atoms with van der Waals surface area (Å²) in [7, 11) is 1.42. The number of ether oxygens (including phenoxy) is 1. The molecule has 0 radical (unpaired) electrons. The van der Waals surface area contributed by atoms with Gasteiger partial charge in [0.05, 0.1) is 12.7 Å². The Kier molecular flexibility index (Phi) is 3.08. The van der Waals surface area contributed by atoms with Gasteiger partial charge >= 0.3 is 5.97 Å². The van der Waals surface area contributed by atoms with Gasteiger partial charge in [-0.05, 0) is 49.3 Å². The number of carbonyl (C=O) groups excluding carboxylic acids is 1. The topological polar surface area (TPSA) is 38.3 Å². The normalized spacial score (nSPS) is 30.2. The molecule has 3 heteroatoms. The van der Waals surface area contributed by atoms with Crippen LogP contribution in [0.2, 0.25) is 0 Å². The van der Waals surface area contributed by atoms with Crippen LogP contribution in [0, 0.1) is 0 Å². The van der Waals surface area contributed by atoms with Crippen molar-refractivity contribution in [2.45, 2.75) is 43.7 Å². The Morgan fingerprint density at radius 1 is 1.17 bits per heavy atom. The third kappa shape index (κ3) is 2.15. The molecule has 0 spiro atoms. The average molecular weight is 245 g/mol. The highest BCUT2D eigenvalue weighted by Gasteiger charge is 2.33. The average Bonchev–Trinajstić information content (AvgIpc) is 2.77. The summed E-state index contributed by atoms with van der Waals surface area (Å²) >= 11 is 0. The largest absolute Gasteiger partial charge is 0.465 e. The zero-order chi connectivity index (χ0) is 12.5. The summed E-state index contributed by atoms with van der Waals surface area (Å²) in [5.41, 5.74) is 2.00. The molecule has 1 aromatic rings. The smallest absolute Gasteiger partial charge is 0.337 e. The molecule has 96 valence electrons. The minimum atomic E-state index is -0.257. The van der Waals surface area contributed by atoms with Crippen LogP contribution in [-0.4, -0.2) is 25.2 Å². The van der Waals surface area contributed by atoms with E-state index in [1.165, 1.54) is 38.4 Å². The van der Waals surface area contributed by atoms with Crippen LogP contribution in [0.5, 0.6) is 0 Å². The molecule has 0 aromatic heterocycles. The van der Waals surface area contributed by atoms with Gasteiger partial charge in [0.1, 0.15) is 0 Å². The van der Waals surface area contributed by atoms with Gasteiger partial charge in [-0.25, -0.2) is 4.79 Å². The van der Waals surface area contributed by atoms with Gasteiger partial charge < -0.3 is 10.1 Å². The van der Waals surface area contributed by atoms with Crippen LogP contribution < -0.4 is 5.32 Å². The Labute approximate surface area is 108 Å². The quantitative estimate of drug-likeness (QED) is 0.813. The molecule has 2 fully saturated rings. The Morgan fingerprint density at radius 2 is 1.78 bits per heavy atom. The number of methoxy groups -OCH3 is 1. The zero-order valence-electron chi connectivity index (χ0n) is 10.7. The Morgan fingerprint density at radius 3 is 2.33 bits per heavy atom. The summed E-state index contributed by atoms with van der Waals surface area (Å²) in [6.07, 6.45) is 5.10. The first-order valence-corrected chi connectivity index (χ1v) is 6.70. The van der Waals surface area contributed by atoms with E-state index in [2.05, 4.69) is 17.4 Å². The molecule has 18 heavy (non-hydrogen) atoms. The van der Waals surface area contributed by atoms with Crippen LogP contribution in [0.1, 0.15) is 47.5 Å². The lowest BCUT2D eigenvalue weighted by Gasteiger charge is -2.29. The number of piperidine rings is 1. The van der Waals surface area contributed by atoms with E-state index in [0.29, 0.717) is 23.6 Å². The monoisotopic (exact) mass is 245 g/mol. The highest BCUT2D eigenvalue weighted by molar-refractivity contribution is 5.89. The molecule has 1 aromatic carbocycles. The molecule has 2 saturated heterocycles. The van der Waals surface area contributed by atoms with Crippen LogP contribution in [0.25, 0.3) is 0 Å². The highest BCUT2D eigenvalue weighted by atomic mass is 16.5. The zero-order valence-corrected chi connectivity index (χ0v) is 10.7. The number of benzene rings is 1. The summed E-state index contributed by atoms with van der Waals surface area (Å²) in [6.45, 7) is 0. The summed E-state index contributed by atoms with van der Waals surface area (Å²) in [6, 6.07) is 9.34. The SMILES string of the molecule is COC(=O)c1ccc([C@H]2C[C@H]3CC[C@@H](C2)N3)cc1. The van der Waals surface area contributed by atoms with Gasteiger partial charge in [0.15, 0.2) is 0 Å². The number of esters is 1. The Balaban J connectivity index is 1.75. The maximum atomic E-state index is 11.4. The fourth-order valence-electron chi connectivity index (χ4n) is 3.34. The fourth-order valence-corrected chi connectivity index (χ4v) is 3.34. The second-order valence-corrected chi connectivity index (χ2v) is 5.42. The molecule has 0 amide bonds. The summed E-state index contributed by atoms with van der Waals surface area (Å²) in [5.74, 6) is 0.391. The van der Waals surface area contributed by atoms with E-state index in [-0.39, 0.29) is 5.97 Å². The van der Waals surface area contributed by atoms with Gasteiger partial charge in [0.2, 0.25) is 0 Å². The Hall–Kier alpha value is -1.35. The Bertz CT molecular complexity index is 428. The third-order valence-corrected chi connectivity index (χ3v) is 4.28. The molecule has 3 atom stereocenters. The molecule has 0 saturated carbocycles. The van der Waals surface area contributed by atoms with Crippen LogP contribution in [0.3, 0.4) is 0 Å². The van der Waals surface area contributed by atoms with E-state index < -0.39 is 0 Å². The molecule has 3 nitrogen and oxygen atoms in total. The summed E-state index contributed by atoms with van der Waals surface area (Å²) in [5, 5.41) is 3.65. The van der Waals surface area contributed by atoms with Crippen molar-refractivity contribution in [2.24, 2.45) is 0 Å². The maximum absolute atomic E-state index is 11.4. The molecule has 2 aliphatic heterocycles. The highest BCUT2D eigenvalue weighted by Crippen LogP contribution is 2.37. The van der Waals surface area contributed by atoms with Crippen molar-refractivity contribution in [3.8, 4) is 0 Å². The predicted octanol–water partition coefficient (Wildman–Crippen LogP) is 2.47. The van der Waals surface area contributed by atoms with Crippen molar-refractivity contribution < 1.29 is 9.53 Å². The molecular weight excluding hydrogens is 226 g/mol. The van der Waals surface area contributed by atoms with Gasteiger partial charge in [0.25, 0.3) is 0 Å². The van der Waals surface area contributed by atoms with Crippen molar-refractivity contribution in [1.82, 2.24) is 5.32 Å². The fraction of sp³-hybridized carbons (Fsp3) is 0.533. The van der Waals surface area contributed by atoms with E-state index in [9.17, 15) is 4.79 Å². The van der Waals surface area contributed by atoms with Gasteiger partial charge in [-0.3, -0.25) is 0 Å². The van der Waals surface area contributed by atoms with E-state index in [1.807, 2.05) is 12.1 Å². The van der Waals surface area contributed by atoms with Crippen molar-refractivity contribution in [2.75, 3.05) is 7.11 Å². The van der Waals surface area contributed by atoms with Crippen LogP contribution in [0.4, 0.5) is 0 Å². The molecule has 0 unspecified atom stereocenters. The van der Waals surface area contributed by atoms with Gasteiger partial charge in [-0.2, -0.15) is 0 Å². The lowest BCUT2D eigenvalue weighted by atomic mass is 9.86. The van der Waals surface area contributed by atoms with Crippen molar-refractivity contribution in [1.29, 1.82) is 0 Å². The molecule has 3 rings (SSSR count). The first-order chi connectivity index (χ1) is 8.76. The van der Waals surface area contributed by atoms with Gasteiger partial charge in [0, 0.05) is 12.1 Å². The van der Waals surface area contributed by atoms with E-state index in [4.69, 9.17) is 4.74 Å². The second-order valence-electron chi connectivity index (χ2n) is 5.42. The minimum Gasteiger partial charge on any atom is -0.465 e. The van der Waals surface area contributed by atoms with Crippen LogP contribution in [-0.2, 0) is 4.74 Å². The number of nitrogens with one attached hydrogen (secondary N) is 1. The molecule has 2 bridgehead atoms. The van der Waals surface area contributed by atoms with E-state index >= 15 is 0 Å². The molecule has 0 aliphatic carbocycles. The minimum absolute atomic E-state index is 0.257. The number of hydrogen-bond acceptors (Lipinski definition) is 3. The lowest BCUT2D eigenvalue weighted by Crippen LogP contribution is -2.37. The van der Waals surface area contributed by atoms with Gasteiger partial charge in [-0.15, -0.1) is 0 Å². The van der Waals surface area contributed by atoms with Crippen LogP contribution >= 0.6 is 0 Å². The van der Waals surface area contributed by atoms with Crippen molar-refractivity contribution in [3.05, 3.63) is 35.4 Å². The molecule has 2 heterocycles. The summed E-state index contributed by atoms with van der Waals surface area (Å²) in [4.78, 5) is 11.4. The third-order valence-electron chi connectivity index (χ3n) is 4.28. The summed E-state index contributed by atoms with van der Waals surface area (Å²) < 4.78 is 4.72. The molecule has 1 N–H and O–H groups in total. The van der Waals surface area contributed by atoms with E-state index in [1.54, 1.807) is 0 Å². The first kappa shape index (κ1) is 11.7.